The molecular weight excluding hydrogens is 383 g/mol. The first kappa shape index (κ1) is 19.4. The van der Waals surface area contributed by atoms with Gasteiger partial charge in [-0.15, -0.1) is 0 Å². The predicted octanol–water partition coefficient (Wildman–Crippen LogP) is 4.23. The summed E-state index contributed by atoms with van der Waals surface area (Å²) in [5.41, 5.74) is 0.824. The number of methoxy groups -OCH3 is 2. The van der Waals surface area contributed by atoms with Gasteiger partial charge < -0.3 is 19.2 Å². The molecule has 0 saturated heterocycles. The average Bonchev–Trinajstić information content (AvgIpc) is 3.18. The minimum Gasteiger partial charge on any atom is -0.497 e. The molecule has 0 radical (unpaired) electrons. The largest absolute Gasteiger partial charge is 0.497 e. The SMILES string of the molecule is COc1ccc(NC(=S)NC(=O)c2ccc(-c3ccccc3F)o2)c(OC)c1. The first-order chi connectivity index (χ1) is 13.5. The Balaban J connectivity index is 1.69. The van der Waals surface area contributed by atoms with E-state index in [4.69, 9.17) is 26.1 Å². The Morgan fingerprint density at radius 1 is 1.07 bits per heavy atom. The van der Waals surface area contributed by atoms with Crippen molar-refractivity contribution >= 4 is 28.9 Å². The van der Waals surface area contributed by atoms with Crippen molar-refractivity contribution in [2.24, 2.45) is 0 Å². The van der Waals surface area contributed by atoms with E-state index in [0.717, 1.165) is 0 Å². The summed E-state index contributed by atoms with van der Waals surface area (Å²) in [5.74, 6) is 0.368. The maximum absolute atomic E-state index is 13.9. The molecule has 0 unspecified atom stereocenters. The topological polar surface area (TPSA) is 72.7 Å². The van der Waals surface area contributed by atoms with E-state index in [9.17, 15) is 9.18 Å². The van der Waals surface area contributed by atoms with Crippen molar-refractivity contribution in [1.29, 1.82) is 0 Å². The van der Waals surface area contributed by atoms with Crippen LogP contribution in [0.1, 0.15) is 10.6 Å². The maximum Gasteiger partial charge on any atom is 0.293 e. The van der Waals surface area contributed by atoms with Crippen molar-refractivity contribution in [2.75, 3.05) is 19.5 Å². The van der Waals surface area contributed by atoms with E-state index in [1.54, 1.807) is 43.5 Å². The number of furan rings is 1. The monoisotopic (exact) mass is 400 g/mol. The van der Waals surface area contributed by atoms with Crippen LogP contribution in [0.3, 0.4) is 0 Å². The quantitative estimate of drug-likeness (QED) is 0.625. The van der Waals surface area contributed by atoms with Crippen LogP contribution in [0.2, 0.25) is 0 Å². The number of carbonyl (C=O) groups is 1. The van der Waals surface area contributed by atoms with Gasteiger partial charge in [-0.3, -0.25) is 10.1 Å². The molecule has 0 aliphatic heterocycles. The first-order valence-electron chi connectivity index (χ1n) is 8.21. The number of carbonyl (C=O) groups excluding carboxylic acids is 1. The normalized spacial score (nSPS) is 10.2. The minimum atomic E-state index is -0.562. The van der Waals surface area contributed by atoms with Crippen molar-refractivity contribution in [2.45, 2.75) is 0 Å². The van der Waals surface area contributed by atoms with Gasteiger partial charge in [0.05, 0.1) is 25.5 Å². The second-order valence-electron chi connectivity index (χ2n) is 5.62. The molecule has 144 valence electrons. The molecule has 2 N–H and O–H groups in total. The number of nitrogens with one attached hydrogen (secondary N) is 2. The van der Waals surface area contributed by atoms with Crippen molar-refractivity contribution in [3.63, 3.8) is 0 Å². The van der Waals surface area contributed by atoms with Crippen LogP contribution in [0.15, 0.2) is 59.0 Å². The smallest absolute Gasteiger partial charge is 0.293 e. The Morgan fingerprint density at radius 2 is 1.86 bits per heavy atom. The van der Waals surface area contributed by atoms with Gasteiger partial charge in [-0.1, -0.05) is 12.1 Å². The highest BCUT2D eigenvalue weighted by Crippen LogP contribution is 2.29. The summed E-state index contributed by atoms with van der Waals surface area (Å²) in [7, 11) is 3.06. The molecule has 1 heterocycles. The van der Waals surface area contributed by atoms with Gasteiger partial charge in [-0.2, -0.15) is 0 Å². The van der Waals surface area contributed by atoms with Crippen LogP contribution >= 0.6 is 12.2 Å². The lowest BCUT2D eigenvalue weighted by Crippen LogP contribution is -2.34. The molecule has 1 amide bonds. The summed E-state index contributed by atoms with van der Waals surface area (Å²) in [5, 5.41) is 5.44. The molecule has 0 bridgehead atoms. The number of hydrogen-bond acceptors (Lipinski definition) is 5. The fourth-order valence-corrected chi connectivity index (χ4v) is 2.69. The molecule has 0 aliphatic carbocycles. The lowest BCUT2D eigenvalue weighted by atomic mass is 10.1. The summed E-state index contributed by atoms with van der Waals surface area (Å²) in [6.07, 6.45) is 0. The van der Waals surface area contributed by atoms with Gasteiger partial charge in [0.1, 0.15) is 23.1 Å². The molecule has 3 rings (SSSR count). The van der Waals surface area contributed by atoms with E-state index < -0.39 is 11.7 Å². The molecule has 6 nitrogen and oxygen atoms in total. The van der Waals surface area contributed by atoms with Gasteiger partial charge in [0.2, 0.25) is 0 Å². The van der Waals surface area contributed by atoms with E-state index in [2.05, 4.69) is 10.6 Å². The molecule has 0 fully saturated rings. The zero-order valence-electron chi connectivity index (χ0n) is 15.1. The fraction of sp³-hybridized carbons (Fsp3) is 0.100. The van der Waals surface area contributed by atoms with Gasteiger partial charge in [-0.25, -0.2) is 4.39 Å². The second-order valence-corrected chi connectivity index (χ2v) is 6.03. The van der Waals surface area contributed by atoms with E-state index in [1.165, 1.54) is 25.3 Å². The third kappa shape index (κ3) is 4.29. The minimum absolute atomic E-state index is 0.00380. The fourth-order valence-electron chi connectivity index (χ4n) is 2.49. The summed E-state index contributed by atoms with van der Waals surface area (Å²) in [6, 6.07) is 14.2. The molecular formula is C20H17FN2O4S. The van der Waals surface area contributed by atoms with Crippen LogP contribution in [0.5, 0.6) is 11.5 Å². The Bertz CT molecular complexity index is 1020. The van der Waals surface area contributed by atoms with Crippen LogP contribution in [-0.2, 0) is 0 Å². The van der Waals surface area contributed by atoms with E-state index in [1.807, 2.05) is 0 Å². The third-order valence-corrected chi connectivity index (χ3v) is 4.06. The number of benzene rings is 2. The lowest BCUT2D eigenvalue weighted by Gasteiger charge is -2.13. The second kappa shape index (κ2) is 8.53. The highest BCUT2D eigenvalue weighted by atomic mass is 32.1. The van der Waals surface area contributed by atoms with Crippen molar-refractivity contribution in [3.8, 4) is 22.8 Å². The highest BCUT2D eigenvalue weighted by Gasteiger charge is 2.16. The Labute approximate surface area is 166 Å². The molecule has 2 aromatic carbocycles. The molecule has 0 atom stereocenters. The summed E-state index contributed by atoms with van der Waals surface area (Å²) in [4.78, 5) is 12.4. The molecule has 8 heteroatoms. The molecule has 0 spiro atoms. The van der Waals surface area contributed by atoms with Crippen LogP contribution in [0, 0.1) is 5.82 Å². The molecule has 28 heavy (non-hydrogen) atoms. The number of ether oxygens (including phenoxy) is 2. The van der Waals surface area contributed by atoms with Crippen LogP contribution < -0.4 is 20.1 Å². The van der Waals surface area contributed by atoms with Crippen molar-refractivity contribution in [3.05, 3.63) is 66.2 Å². The van der Waals surface area contributed by atoms with Crippen LogP contribution in [-0.4, -0.2) is 25.2 Å². The zero-order valence-corrected chi connectivity index (χ0v) is 15.9. The number of thiocarbonyl (C=S) groups is 1. The number of anilines is 1. The molecule has 0 aliphatic rings. The average molecular weight is 400 g/mol. The van der Waals surface area contributed by atoms with Crippen molar-refractivity contribution < 1.29 is 23.1 Å². The van der Waals surface area contributed by atoms with Gasteiger partial charge in [0, 0.05) is 6.07 Å². The third-order valence-electron chi connectivity index (χ3n) is 3.85. The molecule has 3 aromatic rings. The van der Waals surface area contributed by atoms with Crippen LogP contribution in [0.4, 0.5) is 10.1 Å². The highest BCUT2D eigenvalue weighted by molar-refractivity contribution is 7.80. The van der Waals surface area contributed by atoms with Crippen molar-refractivity contribution in [1.82, 2.24) is 5.32 Å². The van der Waals surface area contributed by atoms with Gasteiger partial charge in [0.25, 0.3) is 5.91 Å². The Hall–Kier alpha value is -3.39. The first-order valence-corrected chi connectivity index (χ1v) is 8.61. The maximum atomic E-state index is 13.9. The summed E-state index contributed by atoms with van der Waals surface area (Å²) in [6.45, 7) is 0. The van der Waals surface area contributed by atoms with Gasteiger partial charge in [-0.05, 0) is 48.6 Å². The van der Waals surface area contributed by atoms with E-state index >= 15 is 0 Å². The predicted molar refractivity (Wildman–Crippen MR) is 107 cm³/mol. The van der Waals surface area contributed by atoms with E-state index in [-0.39, 0.29) is 22.2 Å². The zero-order chi connectivity index (χ0) is 20.1. The van der Waals surface area contributed by atoms with Gasteiger partial charge in [0.15, 0.2) is 10.9 Å². The number of amides is 1. The number of hydrogen-bond donors (Lipinski definition) is 2. The standard InChI is InChI=1S/C20H17FN2O4S/c1-25-12-7-8-15(18(11-12)26-2)22-20(28)23-19(24)17-10-9-16(27-17)13-5-3-4-6-14(13)21/h3-11H,1-2H3,(H2,22,23,24,28). The van der Waals surface area contributed by atoms with Crippen LogP contribution in [0.25, 0.3) is 11.3 Å². The number of halogens is 1. The Morgan fingerprint density at radius 3 is 2.57 bits per heavy atom. The number of rotatable bonds is 5. The molecule has 1 aromatic heterocycles. The molecule has 0 saturated carbocycles. The Kier molecular flexibility index (Phi) is 5.90. The lowest BCUT2D eigenvalue weighted by molar-refractivity contribution is 0.0951. The van der Waals surface area contributed by atoms with E-state index in [0.29, 0.717) is 17.2 Å². The van der Waals surface area contributed by atoms with Gasteiger partial charge >= 0.3 is 0 Å². The summed E-state index contributed by atoms with van der Waals surface area (Å²) < 4.78 is 29.7. The summed E-state index contributed by atoms with van der Waals surface area (Å²) >= 11 is 5.17.